The largest absolute Gasteiger partial charge is 0.506 e. The van der Waals surface area contributed by atoms with Crippen molar-refractivity contribution >= 4 is 45.3 Å². The zero-order chi connectivity index (χ0) is 25.6. The minimum atomic E-state index is -0.594. The molecule has 1 N–H and O–H groups in total. The van der Waals surface area contributed by atoms with Gasteiger partial charge >= 0.3 is 5.97 Å². The number of hydrogen-bond donors (Lipinski definition) is 1. The van der Waals surface area contributed by atoms with Crippen LogP contribution in [0.3, 0.4) is 0 Å². The number of ether oxygens (including phenoxy) is 2. The second-order valence-corrected chi connectivity index (χ2v) is 9.38. The van der Waals surface area contributed by atoms with Gasteiger partial charge in [0.2, 0.25) is 0 Å². The summed E-state index contributed by atoms with van der Waals surface area (Å²) in [6.45, 7) is 2.40. The fourth-order valence-corrected chi connectivity index (χ4v) is 4.95. The van der Waals surface area contributed by atoms with Crippen LogP contribution in [0.5, 0.6) is 5.75 Å². The minimum absolute atomic E-state index is 0.0808. The van der Waals surface area contributed by atoms with Crippen LogP contribution in [-0.2, 0) is 16.1 Å². The summed E-state index contributed by atoms with van der Waals surface area (Å²) < 4.78 is 11.2. The van der Waals surface area contributed by atoms with E-state index in [-0.39, 0.29) is 17.9 Å². The van der Waals surface area contributed by atoms with Gasteiger partial charge in [-0.05, 0) is 65.2 Å². The lowest BCUT2D eigenvalue weighted by Crippen LogP contribution is -2.12. The fourth-order valence-electron chi connectivity index (χ4n) is 3.92. The van der Waals surface area contributed by atoms with Crippen molar-refractivity contribution in [3.05, 3.63) is 124 Å². The summed E-state index contributed by atoms with van der Waals surface area (Å²) >= 11 is 1.24. The van der Waals surface area contributed by atoms with E-state index < -0.39 is 5.97 Å². The molecule has 0 aromatic heterocycles. The van der Waals surface area contributed by atoms with Gasteiger partial charge in [-0.3, -0.25) is 0 Å². The van der Waals surface area contributed by atoms with Gasteiger partial charge in [-0.2, -0.15) is 0 Å². The molecule has 0 radical (unpaired) electrons. The molecular weight excluding hydrogens is 482 g/mol. The molecule has 37 heavy (non-hydrogen) atoms. The van der Waals surface area contributed by atoms with E-state index >= 15 is 0 Å². The average Bonchev–Trinajstić information content (AvgIpc) is 3.22. The molecule has 0 spiro atoms. The summed E-state index contributed by atoms with van der Waals surface area (Å²) in [5.74, 6) is 0.0190. The lowest BCUT2D eigenvalue weighted by molar-refractivity contribution is -0.138. The summed E-state index contributed by atoms with van der Waals surface area (Å²) in [6.07, 6.45) is 1.82. The molecule has 4 aromatic carbocycles. The van der Waals surface area contributed by atoms with Crippen molar-refractivity contribution in [3.63, 3.8) is 0 Å². The topological polar surface area (TPSA) is 68.1 Å². The number of nitrogens with zero attached hydrogens (tertiary/aromatic N) is 1. The van der Waals surface area contributed by atoms with Crippen LogP contribution in [-0.4, -0.2) is 22.7 Å². The highest BCUT2D eigenvalue weighted by Crippen LogP contribution is 2.40. The third-order valence-electron chi connectivity index (χ3n) is 5.75. The smallest absolute Gasteiger partial charge is 0.344 e. The number of para-hydroxylation sites is 1. The number of carbonyl (C=O) groups excluding carboxylic acids is 1. The fraction of sp³-hybridized carbons (Fsp3) is 0.0968. The number of rotatable bonds is 7. The first-order valence-electron chi connectivity index (χ1n) is 12.0. The number of thioether (sulfide) groups is 1. The summed E-state index contributed by atoms with van der Waals surface area (Å²) in [5, 5.41) is 13.7. The summed E-state index contributed by atoms with van der Waals surface area (Å²) in [6, 6.07) is 31.5. The van der Waals surface area contributed by atoms with Gasteiger partial charge in [-0.25, -0.2) is 9.79 Å². The predicted molar refractivity (Wildman–Crippen MR) is 150 cm³/mol. The Morgan fingerprint density at radius 3 is 2.41 bits per heavy atom. The minimum Gasteiger partial charge on any atom is -0.506 e. The Labute approximate surface area is 219 Å². The first-order valence-corrected chi connectivity index (χ1v) is 12.8. The van der Waals surface area contributed by atoms with Gasteiger partial charge in [0.05, 0.1) is 17.2 Å². The van der Waals surface area contributed by atoms with Crippen molar-refractivity contribution in [1.82, 2.24) is 0 Å². The molecule has 5 rings (SSSR count). The van der Waals surface area contributed by atoms with Gasteiger partial charge in [0.25, 0.3) is 0 Å². The van der Waals surface area contributed by atoms with E-state index in [0.29, 0.717) is 22.2 Å². The maximum atomic E-state index is 12.6. The molecule has 5 nitrogen and oxygen atoms in total. The Morgan fingerprint density at radius 1 is 0.919 bits per heavy atom. The Balaban J connectivity index is 1.33. The van der Waals surface area contributed by atoms with E-state index in [9.17, 15) is 9.90 Å². The monoisotopic (exact) mass is 507 g/mol. The summed E-state index contributed by atoms with van der Waals surface area (Å²) in [5.41, 5.74) is 2.72. The lowest BCUT2D eigenvalue weighted by Gasteiger charge is -2.08. The Kier molecular flexibility index (Phi) is 7.38. The molecule has 1 heterocycles. The molecule has 0 saturated carbocycles. The number of esters is 1. The molecular formula is C31H25NO4S. The Bertz CT molecular complexity index is 1520. The molecule has 0 unspecified atom stereocenters. The molecule has 0 fully saturated rings. The van der Waals surface area contributed by atoms with Crippen molar-refractivity contribution in [1.29, 1.82) is 0 Å². The molecule has 0 saturated heterocycles. The first kappa shape index (κ1) is 24.4. The third kappa shape index (κ3) is 5.76. The van der Waals surface area contributed by atoms with E-state index in [0.717, 1.165) is 16.9 Å². The Morgan fingerprint density at radius 2 is 1.65 bits per heavy atom. The maximum absolute atomic E-state index is 12.6. The van der Waals surface area contributed by atoms with E-state index in [2.05, 4.69) is 35.3 Å². The average molecular weight is 508 g/mol. The van der Waals surface area contributed by atoms with Crippen LogP contribution in [0.1, 0.15) is 18.1 Å². The second-order valence-electron chi connectivity index (χ2n) is 8.35. The quantitative estimate of drug-likeness (QED) is 0.261. The first-order chi connectivity index (χ1) is 18.1. The van der Waals surface area contributed by atoms with Gasteiger partial charge < -0.3 is 14.6 Å². The summed E-state index contributed by atoms with van der Waals surface area (Å²) in [7, 11) is 0. The zero-order valence-electron chi connectivity index (χ0n) is 20.3. The lowest BCUT2D eigenvalue weighted by atomic mass is 10.1. The highest BCUT2D eigenvalue weighted by Gasteiger charge is 2.33. The van der Waals surface area contributed by atoms with Crippen molar-refractivity contribution in [2.24, 2.45) is 4.99 Å². The van der Waals surface area contributed by atoms with Gasteiger partial charge in [0.1, 0.15) is 28.7 Å². The van der Waals surface area contributed by atoms with Crippen LogP contribution < -0.4 is 4.74 Å². The molecule has 184 valence electrons. The van der Waals surface area contributed by atoms with Crippen molar-refractivity contribution < 1.29 is 19.4 Å². The standard InChI is InChI=1S/C31H25NO4S/c1-2-35-31(34)28-29(33)27(37-30(28)32-25-10-4-3-5-11-25)19-21-13-16-26(17-14-21)36-20-22-12-15-23-8-6-7-9-24(23)18-22/h3-19,33H,2,20H2,1H3/b27-19-,32-30?. The number of carbonyl (C=O) groups is 1. The molecule has 4 aromatic rings. The molecule has 0 bridgehead atoms. The van der Waals surface area contributed by atoms with Crippen molar-refractivity contribution in [3.8, 4) is 5.75 Å². The number of aliphatic hydroxyl groups is 1. The highest BCUT2D eigenvalue weighted by atomic mass is 32.2. The predicted octanol–water partition coefficient (Wildman–Crippen LogP) is 7.61. The molecule has 6 heteroatoms. The Hall–Kier alpha value is -4.29. The van der Waals surface area contributed by atoms with Crippen molar-refractivity contribution in [2.45, 2.75) is 13.5 Å². The maximum Gasteiger partial charge on any atom is 0.344 e. The van der Waals surface area contributed by atoms with Gasteiger partial charge in [0, 0.05) is 0 Å². The van der Waals surface area contributed by atoms with Crippen molar-refractivity contribution in [2.75, 3.05) is 6.61 Å². The second kappa shape index (κ2) is 11.2. The zero-order valence-corrected chi connectivity index (χ0v) is 21.1. The van der Waals surface area contributed by atoms with E-state index in [1.807, 2.05) is 72.8 Å². The van der Waals surface area contributed by atoms with Gasteiger partial charge in [-0.15, -0.1) is 0 Å². The number of aliphatic imine (C=N–C) groups is 1. The number of aliphatic hydroxyl groups excluding tert-OH is 1. The SMILES string of the molecule is CCOC(=O)C1=C(O)/C(=C/c2ccc(OCc3ccc4ccccc4c3)cc2)SC1=Nc1ccccc1. The number of benzene rings is 4. The normalized spacial score (nSPS) is 15.5. The van der Waals surface area contributed by atoms with Crippen LogP contribution in [0.15, 0.2) is 118 Å². The van der Waals surface area contributed by atoms with Crippen LogP contribution in [0, 0.1) is 0 Å². The molecule has 0 atom stereocenters. The van der Waals surface area contributed by atoms with Crippen LogP contribution >= 0.6 is 11.8 Å². The number of fused-ring (bicyclic) bond motifs is 1. The van der Waals surface area contributed by atoms with Crippen LogP contribution in [0.25, 0.3) is 16.8 Å². The molecule has 0 aliphatic carbocycles. The van der Waals surface area contributed by atoms with E-state index in [1.54, 1.807) is 6.92 Å². The third-order valence-corrected chi connectivity index (χ3v) is 6.77. The van der Waals surface area contributed by atoms with Crippen LogP contribution in [0.4, 0.5) is 5.69 Å². The van der Waals surface area contributed by atoms with Crippen LogP contribution in [0.2, 0.25) is 0 Å². The number of hydrogen-bond acceptors (Lipinski definition) is 6. The van der Waals surface area contributed by atoms with Gasteiger partial charge in [0.15, 0.2) is 0 Å². The molecule has 1 aliphatic heterocycles. The summed E-state index contributed by atoms with van der Waals surface area (Å²) in [4.78, 5) is 17.7. The molecule has 1 aliphatic rings. The highest BCUT2D eigenvalue weighted by molar-refractivity contribution is 8.18. The molecule has 0 amide bonds. The van der Waals surface area contributed by atoms with E-state index in [1.165, 1.54) is 22.5 Å². The van der Waals surface area contributed by atoms with E-state index in [4.69, 9.17) is 9.47 Å². The van der Waals surface area contributed by atoms with Gasteiger partial charge in [-0.1, -0.05) is 78.5 Å².